The number of ether oxygens (including phenoxy) is 1. The van der Waals surface area contributed by atoms with Crippen molar-refractivity contribution >= 4 is 28.3 Å². The fraction of sp³-hybridized carbons (Fsp3) is 0.350. The number of anilines is 2. The number of aromatic nitrogens is 3. The summed E-state index contributed by atoms with van der Waals surface area (Å²) in [5.74, 6) is 0.563. The molecule has 4 rings (SSSR count). The molecule has 146 valence electrons. The Bertz CT molecular complexity index is 978. The number of urea groups is 1. The standard InChI is InChI=1S/C20H24N6O2/c1-25-9-7-17(8-10-25)26-13-16(12-21-26)23-20(27)22-15-4-5-18-14(11-15)3-6-19(24-18)28-2/h3-6,11-13,17H,7-10H2,1-2H3,(H2,22,23,27). The number of hydrogen-bond donors (Lipinski definition) is 2. The van der Waals surface area contributed by atoms with Gasteiger partial charge in [-0.15, -0.1) is 0 Å². The summed E-state index contributed by atoms with van der Waals surface area (Å²) in [5.41, 5.74) is 2.19. The third-order valence-electron chi connectivity index (χ3n) is 5.05. The van der Waals surface area contributed by atoms with E-state index in [1.165, 1.54) is 0 Å². The Morgan fingerprint density at radius 1 is 1.14 bits per heavy atom. The highest BCUT2D eigenvalue weighted by atomic mass is 16.5. The van der Waals surface area contributed by atoms with E-state index in [2.05, 4.69) is 32.7 Å². The molecule has 2 amide bonds. The summed E-state index contributed by atoms with van der Waals surface area (Å²) in [6.07, 6.45) is 5.72. The van der Waals surface area contributed by atoms with E-state index in [4.69, 9.17) is 4.74 Å². The fourth-order valence-corrected chi connectivity index (χ4v) is 3.45. The summed E-state index contributed by atoms with van der Waals surface area (Å²) in [4.78, 5) is 19.0. The maximum atomic E-state index is 12.3. The van der Waals surface area contributed by atoms with Gasteiger partial charge in [0.2, 0.25) is 5.88 Å². The predicted octanol–water partition coefficient (Wildman–Crippen LogP) is 3.35. The number of fused-ring (bicyclic) bond motifs is 1. The molecule has 2 aromatic heterocycles. The van der Waals surface area contributed by atoms with Crippen LogP contribution in [0.4, 0.5) is 16.2 Å². The number of piperidine rings is 1. The highest BCUT2D eigenvalue weighted by molar-refractivity contribution is 6.00. The van der Waals surface area contributed by atoms with Crippen LogP contribution in [0.25, 0.3) is 10.9 Å². The van der Waals surface area contributed by atoms with Crippen molar-refractivity contribution < 1.29 is 9.53 Å². The number of benzene rings is 1. The molecule has 8 heteroatoms. The molecule has 0 radical (unpaired) electrons. The maximum absolute atomic E-state index is 12.3. The number of rotatable bonds is 4. The third-order valence-corrected chi connectivity index (χ3v) is 5.05. The van der Waals surface area contributed by atoms with Crippen LogP contribution in [0.5, 0.6) is 5.88 Å². The zero-order valence-electron chi connectivity index (χ0n) is 16.1. The summed E-state index contributed by atoms with van der Waals surface area (Å²) in [5, 5.41) is 11.0. The van der Waals surface area contributed by atoms with Crippen LogP contribution in [0.15, 0.2) is 42.7 Å². The average molecular weight is 380 g/mol. The highest BCUT2D eigenvalue weighted by Gasteiger charge is 2.19. The molecule has 1 fully saturated rings. The predicted molar refractivity (Wildman–Crippen MR) is 109 cm³/mol. The van der Waals surface area contributed by atoms with Gasteiger partial charge in [-0.25, -0.2) is 9.78 Å². The molecule has 1 aromatic carbocycles. The molecule has 0 atom stereocenters. The number of methoxy groups -OCH3 is 1. The zero-order chi connectivity index (χ0) is 19.5. The van der Waals surface area contributed by atoms with Crippen LogP contribution in [0.1, 0.15) is 18.9 Å². The first kappa shape index (κ1) is 18.2. The molecule has 8 nitrogen and oxygen atoms in total. The Morgan fingerprint density at radius 3 is 2.71 bits per heavy atom. The van der Waals surface area contributed by atoms with Crippen molar-refractivity contribution in [1.82, 2.24) is 19.7 Å². The third kappa shape index (κ3) is 4.07. The quantitative estimate of drug-likeness (QED) is 0.725. The minimum Gasteiger partial charge on any atom is -0.481 e. The van der Waals surface area contributed by atoms with E-state index < -0.39 is 0 Å². The normalized spacial score (nSPS) is 15.5. The van der Waals surface area contributed by atoms with Gasteiger partial charge in [0.25, 0.3) is 0 Å². The van der Waals surface area contributed by atoms with Crippen molar-refractivity contribution in [3.63, 3.8) is 0 Å². The maximum Gasteiger partial charge on any atom is 0.323 e. The van der Waals surface area contributed by atoms with Gasteiger partial charge in [-0.05, 0) is 57.2 Å². The lowest BCUT2D eigenvalue weighted by Gasteiger charge is -2.28. The minimum atomic E-state index is -0.302. The number of nitrogens with zero attached hydrogens (tertiary/aromatic N) is 4. The first-order chi connectivity index (χ1) is 13.6. The molecular weight excluding hydrogens is 356 g/mol. The lowest BCUT2D eigenvalue weighted by molar-refractivity contribution is 0.212. The second-order valence-corrected chi connectivity index (χ2v) is 7.08. The number of carbonyl (C=O) groups excluding carboxylic acids is 1. The van der Waals surface area contributed by atoms with Crippen LogP contribution < -0.4 is 15.4 Å². The summed E-state index contributed by atoms with van der Waals surface area (Å²) in [6.45, 7) is 2.13. The van der Waals surface area contributed by atoms with E-state index in [9.17, 15) is 4.79 Å². The van der Waals surface area contributed by atoms with Crippen LogP contribution in [-0.2, 0) is 0 Å². The van der Waals surface area contributed by atoms with Gasteiger partial charge in [0.1, 0.15) is 0 Å². The smallest absolute Gasteiger partial charge is 0.323 e. The molecule has 2 N–H and O–H groups in total. The Morgan fingerprint density at radius 2 is 1.93 bits per heavy atom. The van der Waals surface area contributed by atoms with Crippen molar-refractivity contribution in [2.45, 2.75) is 18.9 Å². The van der Waals surface area contributed by atoms with E-state index in [1.807, 2.05) is 35.1 Å². The summed E-state index contributed by atoms with van der Waals surface area (Å²) in [6, 6.07) is 9.34. The number of nitrogens with one attached hydrogen (secondary N) is 2. The van der Waals surface area contributed by atoms with Crippen molar-refractivity contribution in [2.24, 2.45) is 0 Å². The topological polar surface area (TPSA) is 84.3 Å². The van der Waals surface area contributed by atoms with E-state index in [0.717, 1.165) is 36.8 Å². The molecule has 1 aliphatic heterocycles. The number of pyridine rings is 1. The number of carbonyl (C=O) groups is 1. The molecule has 0 aliphatic carbocycles. The largest absolute Gasteiger partial charge is 0.481 e. The molecule has 0 unspecified atom stereocenters. The van der Waals surface area contributed by atoms with Gasteiger partial charge in [0, 0.05) is 23.3 Å². The van der Waals surface area contributed by atoms with E-state index in [1.54, 1.807) is 19.4 Å². The van der Waals surface area contributed by atoms with Gasteiger partial charge in [-0.1, -0.05) is 0 Å². The average Bonchev–Trinajstić information content (AvgIpc) is 3.16. The summed E-state index contributed by atoms with van der Waals surface area (Å²) in [7, 11) is 3.72. The van der Waals surface area contributed by atoms with Gasteiger partial charge >= 0.3 is 6.03 Å². The van der Waals surface area contributed by atoms with Crippen LogP contribution in [0.2, 0.25) is 0 Å². The Kier molecular flexibility index (Phi) is 5.12. The molecule has 1 aliphatic rings. The highest BCUT2D eigenvalue weighted by Crippen LogP contribution is 2.23. The number of hydrogen-bond acceptors (Lipinski definition) is 5. The first-order valence-corrected chi connectivity index (χ1v) is 9.36. The lowest BCUT2D eigenvalue weighted by atomic mass is 10.1. The molecule has 3 heterocycles. The molecule has 1 saturated heterocycles. The molecule has 3 aromatic rings. The number of amides is 2. The molecular formula is C20H24N6O2. The van der Waals surface area contributed by atoms with Crippen LogP contribution in [-0.4, -0.2) is 52.9 Å². The monoisotopic (exact) mass is 380 g/mol. The minimum absolute atomic E-state index is 0.302. The van der Waals surface area contributed by atoms with E-state index in [-0.39, 0.29) is 6.03 Å². The lowest BCUT2D eigenvalue weighted by Crippen LogP contribution is -2.31. The summed E-state index contributed by atoms with van der Waals surface area (Å²) < 4.78 is 7.09. The van der Waals surface area contributed by atoms with Gasteiger partial charge < -0.3 is 20.3 Å². The van der Waals surface area contributed by atoms with Crippen LogP contribution in [0, 0.1) is 0 Å². The second-order valence-electron chi connectivity index (χ2n) is 7.08. The molecule has 0 spiro atoms. The van der Waals surface area contributed by atoms with Crippen molar-refractivity contribution in [3.05, 3.63) is 42.7 Å². The molecule has 0 bridgehead atoms. The molecule has 28 heavy (non-hydrogen) atoms. The van der Waals surface area contributed by atoms with Gasteiger partial charge in [0.15, 0.2) is 0 Å². The first-order valence-electron chi connectivity index (χ1n) is 9.36. The van der Waals surface area contributed by atoms with E-state index in [0.29, 0.717) is 23.3 Å². The Balaban J connectivity index is 1.38. The Hall–Kier alpha value is -3.13. The van der Waals surface area contributed by atoms with Gasteiger partial charge in [0.05, 0.1) is 30.6 Å². The van der Waals surface area contributed by atoms with E-state index >= 15 is 0 Å². The SMILES string of the molecule is COc1ccc2cc(NC(=O)Nc3cnn(C4CCN(C)CC4)c3)ccc2n1. The van der Waals surface area contributed by atoms with Gasteiger partial charge in [-0.3, -0.25) is 4.68 Å². The second kappa shape index (κ2) is 7.85. The zero-order valence-corrected chi connectivity index (χ0v) is 16.1. The van der Waals surface area contributed by atoms with Gasteiger partial charge in [-0.2, -0.15) is 5.10 Å². The van der Waals surface area contributed by atoms with Crippen molar-refractivity contribution in [1.29, 1.82) is 0 Å². The number of likely N-dealkylation sites (tertiary alicyclic amines) is 1. The summed E-state index contributed by atoms with van der Waals surface area (Å²) >= 11 is 0. The van der Waals surface area contributed by atoms with Crippen molar-refractivity contribution in [3.8, 4) is 5.88 Å². The van der Waals surface area contributed by atoms with Crippen LogP contribution in [0.3, 0.4) is 0 Å². The Labute approximate surface area is 163 Å². The molecule has 0 saturated carbocycles. The fourth-order valence-electron chi connectivity index (χ4n) is 3.45. The van der Waals surface area contributed by atoms with Crippen LogP contribution >= 0.6 is 0 Å². The van der Waals surface area contributed by atoms with Crippen molar-refractivity contribution in [2.75, 3.05) is 37.9 Å².